The second-order valence-corrected chi connectivity index (χ2v) is 4.99. The minimum atomic E-state index is 0.0562. The molecule has 0 aliphatic heterocycles. The van der Waals surface area contributed by atoms with Crippen LogP contribution in [0.15, 0.2) is 24.3 Å². The van der Waals surface area contributed by atoms with Gasteiger partial charge in [-0.3, -0.25) is 4.79 Å². The van der Waals surface area contributed by atoms with Crippen molar-refractivity contribution in [1.29, 1.82) is 0 Å². The third kappa shape index (κ3) is 4.88. The Labute approximate surface area is 110 Å². The summed E-state index contributed by atoms with van der Waals surface area (Å²) in [6.45, 7) is 9.26. The molecule has 0 saturated heterocycles. The Morgan fingerprint density at radius 2 is 1.78 bits per heavy atom. The molecule has 0 aliphatic carbocycles. The van der Waals surface area contributed by atoms with Gasteiger partial charge in [0.2, 0.25) is 5.91 Å². The standard InChI is InChI=1S/C15H24N2O/c1-5-16-12(4)10-15(18)17-14-8-6-13(7-9-14)11(2)3/h6-9,11-12,16H,5,10H2,1-4H3,(H,17,18). The summed E-state index contributed by atoms with van der Waals surface area (Å²) < 4.78 is 0. The van der Waals surface area contributed by atoms with Gasteiger partial charge in [0, 0.05) is 18.2 Å². The second-order valence-electron chi connectivity index (χ2n) is 4.99. The van der Waals surface area contributed by atoms with E-state index in [0.29, 0.717) is 12.3 Å². The lowest BCUT2D eigenvalue weighted by molar-refractivity contribution is -0.116. The third-order valence-corrected chi connectivity index (χ3v) is 2.91. The van der Waals surface area contributed by atoms with E-state index in [1.54, 1.807) is 0 Å². The Morgan fingerprint density at radius 3 is 2.28 bits per heavy atom. The van der Waals surface area contributed by atoms with Crippen LogP contribution in [0.2, 0.25) is 0 Å². The highest BCUT2D eigenvalue weighted by atomic mass is 16.1. The van der Waals surface area contributed by atoms with Crippen molar-refractivity contribution in [2.45, 2.75) is 46.1 Å². The first kappa shape index (κ1) is 14.7. The zero-order chi connectivity index (χ0) is 13.5. The predicted molar refractivity (Wildman–Crippen MR) is 76.9 cm³/mol. The van der Waals surface area contributed by atoms with E-state index in [2.05, 4.69) is 36.6 Å². The molecule has 1 amide bonds. The Balaban J connectivity index is 2.49. The molecule has 1 aromatic carbocycles. The lowest BCUT2D eigenvalue weighted by Gasteiger charge is -2.12. The first-order valence-corrected chi connectivity index (χ1v) is 6.66. The summed E-state index contributed by atoms with van der Waals surface area (Å²) in [4.78, 5) is 11.8. The number of amides is 1. The molecule has 0 heterocycles. The van der Waals surface area contributed by atoms with Crippen LogP contribution in [0.5, 0.6) is 0 Å². The van der Waals surface area contributed by atoms with Gasteiger partial charge in [0.15, 0.2) is 0 Å². The lowest BCUT2D eigenvalue weighted by atomic mass is 10.0. The van der Waals surface area contributed by atoms with Crippen molar-refractivity contribution in [1.82, 2.24) is 5.32 Å². The number of carbonyl (C=O) groups excluding carboxylic acids is 1. The van der Waals surface area contributed by atoms with Gasteiger partial charge in [-0.15, -0.1) is 0 Å². The van der Waals surface area contributed by atoms with Gasteiger partial charge >= 0.3 is 0 Å². The van der Waals surface area contributed by atoms with Crippen LogP contribution in [0.1, 0.15) is 45.6 Å². The number of anilines is 1. The molecule has 3 heteroatoms. The van der Waals surface area contributed by atoms with Crippen molar-refractivity contribution in [2.24, 2.45) is 0 Å². The van der Waals surface area contributed by atoms with E-state index < -0.39 is 0 Å². The van der Waals surface area contributed by atoms with Crippen molar-refractivity contribution < 1.29 is 4.79 Å². The van der Waals surface area contributed by atoms with Crippen LogP contribution in [0.4, 0.5) is 5.69 Å². The molecular weight excluding hydrogens is 224 g/mol. The van der Waals surface area contributed by atoms with Crippen LogP contribution in [-0.4, -0.2) is 18.5 Å². The average molecular weight is 248 g/mol. The normalized spacial score (nSPS) is 12.5. The van der Waals surface area contributed by atoms with Gasteiger partial charge in [0.25, 0.3) is 0 Å². The van der Waals surface area contributed by atoms with Crippen LogP contribution in [0.3, 0.4) is 0 Å². The van der Waals surface area contributed by atoms with Crippen molar-refractivity contribution in [3.8, 4) is 0 Å². The number of benzene rings is 1. The maximum atomic E-state index is 11.8. The summed E-state index contributed by atoms with van der Waals surface area (Å²) in [5, 5.41) is 6.14. The predicted octanol–water partition coefficient (Wildman–Crippen LogP) is 3.14. The topological polar surface area (TPSA) is 41.1 Å². The molecule has 0 saturated carbocycles. The zero-order valence-electron chi connectivity index (χ0n) is 11.8. The highest BCUT2D eigenvalue weighted by Gasteiger charge is 2.08. The quantitative estimate of drug-likeness (QED) is 0.812. The first-order valence-electron chi connectivity index (χ1n) is 6.66. The van der Waals surface area contributed by atoms with Gasteiger partial charge in [0.05, 0.1) is 0 Å². The SMILES string of the molecule is CCNC(C)CC(=O)Nc1ccc(C(C)C)cc1. The highest BCUT2D eigenvalue weighted by Crippen LogP contribution is 2.17. The van der Waals surface area contributed by atoms with E-state index in [1.165, 1.54) is 5.56 Å². The molecule has 1 aromatic rings. The number of hydrogen-bond acceptors (Lipinski definition) is 2. The van der Waals surface area contributed by atoms with Gasteiger partial charge in [-0.05, 0) is 37.1 Å². The number of rotatable bonds is 6. The van der Waals surface area contributed by atoms with Crippen LogP contribution >= 0.6 is 0 Å². The molecule has 0 bridgehead atoms. The number of carbonyl (C=O) groups is 1. The molecular formula is C15H24N2O. The molecule has 1 atom stereocenters. The van der Waals surface area contributed by atoms with Gasteiger partial charge < -0.3 is 10.6 Å². The largest absolute Gasteiger partial charge is 0.326 e. The van der Waals surface area contributed by atoms with Crippen LogP contribution in [0, 0.1) is 0 Å². The maximum absolute atomic E-state index is 11.8. The molecule has 1 rings (SSSR count). The van der Waals surface area contributed by atoms with Crippen LogP contribution in [-0.2, 0) is 4.79 Å². The second kappa shape index (κ2) is 7.17. The van der Waals surface area contributed by atoms with Crippen molar-refractivity contribution >= 4 is 11.6 Å². The zero-order valence-corrected chi connectivity index (χ0v) is 11.8. The van der Waals surface area contributed by atoms with Crippen molar-refractivity contribution in [2.75, 3.05) is 11.9 Å². The van der Waals surface area contributed by atoms with Gasteiger partial charge in [-0.25, -0.2) is 0 Å². The Hall–Kier alpha value is -1.35. The smallest absolute Gasteiger partial charge is 0.225 e. The fraction of sp³-hybridized carbons (Fsp3) is 0.533. The Bertz CT molecular complexity index is 371. The third-order valence-electron chi connectivity index (χ3n) is 2.91. The summed E-state index contributed by atoms with van der Waals surface area (Å²) in [6, 6.07) is 8.27. The molecule has 0 aromatic heterocycles. The molecule has 0 spiro atoms. The van der Waals surface area contributed by atoms with Crippen molar-refractivity contribution in [3.05, 3.63) is 29.8 Å². The summed E-state index contributed by atoms with van der Waals surface area (Å²) in [6.07, 6.45) is 0.500. The summed E-state index contributed by atoms with van der Waals surface area (Å²) >= 11 is 0. The van der Waals surface area contributed by atoms with Gasteiger partial charge in [-0.2, -0.15) is 0 Å². The molecule has 100 valence electrons. The molecule has 1 unspecified atom stereocenters. The maximum Gasteiger partial charge on any atom is 0.225 e. The van der Waals surface area contributed by atoms with E-state index in [9.17, 15) is 4.79 Å². The van der Waals surface area contributed by atoms with Gasteiger partial charge in [0.1, 0.15) is 0 Å². The number of nitrogens with one attached hydrogen (secondary N) is 2. The first-order chi connectivity index (χ1) is 8.52. The molecule has 18 heavy (non-hydrogen) atoms. The van der Waals surface area contributed by atoms with E-state index in [4.69, 9.17) is 0 Å². The molecule has 0 radical (unpaired) electrons. The Morgan fingerprint density at radius 1 is 1.17 bits per heavy atom. The summed E-state index contributed by atoms with van der Waals surface area (Å²) in [5.74, 6) is 0.573. The monoisotopic (exact) mass is 248 g/mol. The minimum Gasteiger partial charge on any atom is -0.326 e. The highest BCUT2D eigenvalue weighted by molar-refractivity contribution is 5.91. The molecule has 0 fully saturated rings. The molecule has 0 aliphatic rings. The average Bonchev–Trinajstić information content (AvgIpc) is 2.29. The van der Waals surface area contributed by atoms with E-state index in [0.717, 1.165) is 12.2 Å². The van der Waals surface area contributed by atoms with Crippen LogP contribution < -0.4 is 10.6 Å². The summed E-state index contributed by atoms with van der Waals surface area (Å²) in [7, 11) is 0. The van der Waals surface area contributed by atoms with Crippen molar-refractivity contribution in [3.63, 3.8) is 0 Å². The fourth-order valence-corrected chi connectivity index (χ4v) is 1.86. The van der Waals surface area contributed by atoms with E-state index >= 15 is 0 Å². The molecule has 3 nitrogen and oxygen atoms in total. The summed E-state index contributed by atoms with van der Waals surface area (Å²) in [5.41, 5.74) is 2.15. The molecule has 2 N–H and O–H groups in total. The van der Waals surface area contributed by atoms with E-state index in [-0.39, 0.29) is 11.9 Å². The van der Waals surface area contributed by atoms with E-state index in [1.807, 2.05) is 26.0 Å². The fourth-order valence-electron chi connectivity index (χ4n) is 1.86. The Kier molecular flexibility index (Phi) is 5.86. The lowest BCUT2D eigenvalue weighted by Crippen LogP contribution is -2.30. The van der Waals surface area contributed by atoms with Crippen LogP contribution in [0.25, 0.3) is 0 Å². The number of hydrogen-bond donors (Lipinski definition) is 2. The van der Waals surface area contributed by atoms with Gasteiger partial charge in [-0.1, -0.05) is 32.9 Å². The minimum absolute atomic E-state index is 0.0562.